The van der Waals surface area contributed by atoms with E-state index < -0.39 is 5.60 Å². The van der Waals surface area contributed by atoms with Gasteiger partial charge in [0, 0.05) is 17.1 Å². The van der Waals surface area contributed by atoms with E-state index in [2.05, 4.69) is 26.4 Å². The van der Waals surface area contributed by atoms with Gasteiger partial charge in [-0.15, -0.1) is 0 Å². The Morgan fingerprint density at radius 3 is 2.75 bits per heavy atom. The second kappa shape index (κ2) is 6.71. The molecule has 4 N–H and O–H groups in total. The summed E-state index contributed by atoms with van der Waals surface area (Å²) >= 11 is 3.31. The summed E-state index contributed by atoms with van der Waals surface area (Å²) < 4.78 is 5.98. The highest BCUT2D eigenvalue weighted by atomic mass is 79.9. The smallest absolute Gasteiger partial charge is 0.227 e. The van der Waals surface area contributed by atoms with E-state index in [0.717, 1.165) is 4.47 Å². The number of rotatable bonds is 5. The van der Waals surface area contributed by atoms with E-state index in [-0.39, 0.29) is 18.2 Å². The number of nitrogens with one attached hydrogen (secondary N) is 1. The minimum atomic E-state index is -0.563. The molecule has 6 nitrogen and oxygen atoms in total. The number of nitrogens with two attached hydrogens (primary N) is 1. The van der Waals surface area contributed by atoms with Crippen LogP contribution in [0.1, 0.15) is 25.8 Å². The molecule has 1 aromatic rings. The standard InChI is InChI=1S/C13H18BrN3O3/c1-13(2,20-3)7-11(18)16-10-6-8(14)4-5-9(10)12(15)17-19/h4-6,19H,7H2,1-3H3,(H2,15,17)(H,16,18). The van der Waals surface area contributed by atoms with Crippen LogP contribution in [-0.2, 0) is 9.53 Å². The van der Waals surface area contributed by atoms with Crippen LogP contribution in [0.25, 0.3) is 0 Å². The summed E-state index contributed by atoms with van der Waals surface area (Å²) in [7, 11) is 1.55. The van der Waals surface area contributed by atoms with Gasteiger partial charge in [-0.25, -0.2) is 0 Å². The number of benzene rings is 1. The zero-order valence-corrected chi connectivity index (χ0v) is 13.2. The van der Waals surface area contributed by atoms with Gasteiger partial charge in [-0.1, -0.05) is 21.1 Å². The Labute approximate surface area is 126 Å². The Morgan fingerprint density at radius 1 is 1.55 bits per heavy atom. The molecular formula is C13H18BrN3O3. The second-order valence-corrected chi connectivity index (χ2v) is 5.78. The number of amides is 1. The Hall–Kier alpha value is -1.60. The lowest BCUT2D eigenvalue weighted by Gasteiger charge is -2.22. The van der Waals surface area contributed by atoms with Gasteiger partial charge in [-0.3, -0.25) is 4.79 Å². The normalized spacial score (nSPS) is 12.3. The van der Waals surface area contributed by atoms with Crippen LogP contribution in [0.4, 0.5) is 5.69 Å². The number of hydrogen-bond acceptors (Lipinski definition) is 4. The lowest BCUT2D eigenvalue weighted by atomic mass is 10.0. The van der Waals surface area contributed by atoms with E-state index >= 15 is 0 Å². The summed E-state index contributed by atoms with van der Waals surface area (Å²) in [4.78, 5) is 12.0. The van der Waals surface area contributed by atoms with Crippen LogP contribution in [0.5, 0.6) is 0 Å². The van der Waals surface area contributed by atoms with Crippen molar-refractivity contribution in [3.8, 4) is 0 Å². The monoisotopic (exact) mass is 343 g/mol. The van der Waals surface area contributed by atoms with Crippen LogP contribution in [0.3, 0.4) is 0 Å². The highest BCUT2D eigenvalue weighted by molar-refractivity contribution is 9.10. The first-order valence-corrected chi connectivity index (χ1v) is 6.71. The summed E-state index contributed by atoms with van der Waals surface area (Å²) in [5.74, 6) is -0.291. The van der Waals surface area contributed by atoms with E-state index in [1.807, 2.05) is 13.8 Å². The molecule has 7 heteroatoms. The number of halogens is 1. The number of ether oxygens (including phenoxy) is 1. The first-order valence-electron chi connectivity index (χ1n) is 5.91. The van der Waals surface area contributed by atoms with Gasteiger partial charge in [-0.2, -0.15) is 0 Å². The van der Waals surface area contributed by atoms with Crippen molar-refractivity contribution in [3.63, 3.8) is 0 Å². The summed E-state index contributed by atoms with van der Waals surface area (Å²) in [6, 6.07) is 5.07. The number of oxime groups is 1. The number of carbonyl (C=O) groups is 1. The number of carbonyl (C=O) groups excluding carboxylic acids is 1. The molecule has 20 heavy (non-hydrogen) atoms. The molecule has 0 saturated carbocycles. The number of nitrogens with zero attached hydrogens (tertiary/aromatic N) is 1. The van der Waals surface area contributed by atoms with Gasteiger partial charge in [-0.05, 0) is 32.0 Å². The molecule has 0 fully saturated rings. The molecule has 0 unspecified atom stereocenters. The largest absolute Gasteiger partial charge is 0.409 e. The Bertz CT molecular complexity index is 530. The van der Waals surface area contributed by atoms with Crippen molar-refractivity contribution in [2.45, 2.75) is 25.9 Å². The predicted molar refractivity (Wildman–Crippen MR) is 81.0 cm³/mol. The predicted octanol–water partition coefficient (Wildman–Crippen LogP) is 2.30. The Morgan fingerprint density at radius 2 is 2.20 bits per heavy atom. The third-order valence-electron chi connectivity index (χ3n) is 2.78. The SMILES string of the molecule is COC(C)(C)CC(=O)Nc1cc(Br)ccc1/C(N)=N/O. The van der Waals surface area contributed by atoms with Gasteiger partial charge in [0.05, 0.1) is 17.7 Å². The third kappa shape index (κ3) is 4.50. The fourth-order valence-electron chi connectivity index (χ4n) is 1.55. The van der Waals surface area contributed by atoms with Crippen molar-refractivity contribution in [2.75, 3.05) is 12.4 Å². The zero-order valence-electron chi connectivity index (χ0n) is 11.6. The average molecular weight is 344 g/mol. The summed E-state index contributed by atoms with van der Waals surface area (Å²) in [6.45, 7) is 3.63. The summed E-state index contributed by atoms with van der Waals surface area (Å²) in [5.41, 5.74) is 5.93. The second-order valence-electron chi connectivity index (χ2n) is 4.86. The molecular weight excluding hydrogens is 326 g/mol. The summed E-state index contributed by atoms with van der Waals surface area (Å²) in [5, 5.41) is 14.4. The molecule has 0 radical (unpaired) electrons. The van der Waals surface area contributed by atoms with Crippen molar-refractivity contribution in [2.24, 2.45) is 10.9 Å². The summed E-state index contributed by atoms with van der Waals surface area (Å²) in [6.07, 6.45) is 0.186. The van der Waals surface area contributed by atoms with Crippen molar-refractivity contribution >= 4 is 33.4 Å². The van der Waals surface area contributed by atoms with E-state index in [9.17, 15) is 4.79 Å². The first-order chi connectivity index (χ1) is 9.29. The minimum absolute atomic E-state index is 0.0706. The average Bonchev–Trinajstić information content (AvgIpc) is 2.37. The quantitative estimate of drug-likeness (QED) is 0.330. The van der Waals surface area contributed by atoms with Gasteiger partial charge in [0.15, 0.2) is 5.84 Å². The van der Waals surface area contributed by atoms with Crippen LogP contribution in [-0.4, -0.2) is 29.7 Å². The van der Waals surface area contributed by atoms with Gasteiger partial charge in [0.25, 0.3) is 0 Å². The molecule has 0 aliphatic carbocycles. The van der Waals surface area contributed by atoms with E-state index in [0.29, 0.717) is 11.3 Å². The van der Waals surface area contributed by atoms with Crippen LogP contribution in [0, 0.1) is 0 Å². The molecule has 0 atom stereocenters. The maximum Gasteiger partial charge on any atom is 0.227 e. The van der Waals surface area contributed by atoms with Crippen molar-refractivity contribution < 1.29 is 14.7 Å². The van der Waals surface area contributed by atoms with Gasteiger partial charge in [0.2, 0.25) is 5.91 Å². The van der Waals surface area contributed by atoms with Crippen LogP contribution >= 0.6 is 15.9 Å². The minimum Gasteiger partial charge on any atom is -0.409 e. The highest BCUT2D eigenvalue weighted by Crippen LogP contribution is 2.23. The lowest BCUT2D eigenvalue weighted by molar-refractivity contribution is -0.121. The van der Waals surface area contributed by atoms with Crippen LogP contribution < -0.4 is 11.1 Å². The molecule has 1 aromatic carbocycles. The molecule has 0 saturated heterocycles. The number of anilines is 1. The molecule has 0 bridgehead atoms. The fraction of sp³-hybridized carbons (Fsp3) is 0.385. The van der Waals surface area contributed by atoms with Gasteiger partial charge < -0.3 is 21.0 Å². The number of methoxy groups -OCH3 is 1. The van der Waals surface area contributed by atoms with E-state index in [1.165, 1.54) is 0 Å². The molecule has 1 rings (SSSR count). The van der Waals surface area contributed by atoms with E-state index in [4.69, 9.17) is 15.7 Å². The molecule has 0 aromatic heterocycles. The Kier molecular flexibility index (Phi) is 5.52. The van der Waals surface area contributed by atoms with Gasteiger partial charge in [0.1, 0.15) is 0 Å². The third-order valence-corrected chi connectivity index (χ3v) is 3.27. The molecule has 0 aliphatic rings. The Balaban J connectivity index is 2.97. The lowest BCUT2D eigenvalue weighted by Crippen LogP contribution is -2.30. The molecule has 0 spiro atoms. The van der Waals surface area contributed by atoms with Crippen molar-refractivity contribution in [3.05, 3.63) is 28.2 Å². The van der Waals surface area contributed by atoms with Crippen LogP contribution in [0.15, 0.2) is 27.8 Å². The number of hydrogen-bond donors (Lipinski definition) is 3. The van der Waals surface area contributed by atoms with Gasteiger partial charge >= 0.3 is 0 Å². The maximum atomic E-state index is 12.0. The fourth-order valence-corrected chi connectivity index (χ4v) is 1.91. The maximum absolute atomic E-state index is 12.0. The molecule has 0 aliphatic heterocycles. The highest BCUT2D eigenvalue weighted by Gasteiger charge is 2.22. The molecule has 1 amide bonds. The molecule has 0 heterocycles. The van der Waals surface area contributed by atoms with Crippen LogP contribution in [0.2, 0.25) is 0 Å². The van der Waals surface area contributed by atoms with Crippen molar-refractivity contribution in [1.29, 1.82) is 0 Å². The zero-order chi connectivity index (χ0) is 15.3. The van der Waals surface area contributed by atoms with Crippen molar-refractivity contribution in [1.82, 2.24) is 0 Å². The first kappa shape index (κ1) is 16.5. The number of amidine groups is 1. The molecule has 110 valence electrons. The van der Waals surface area contributed by atoms with E-state index in [1.54, 1.807) is 25.3 Å². The topological polar surface area (TPSA) is 96.9 Å².